The number of hydrogen-bond donors (Lipinski definition) is 1. The summed E-state index contributed by atoms with van der Waals surface area (Å²) in [4.78, 5) is 0. The Morgan fingerprint density at radius 3 is 2.64 bits per heavy atom. The van der Waals surface area contributed by atoms with Crippen molar-refractivity contribution in [3.8, 4) is 0 Å². The summed E-state index contributed by atoms with van der Waals surface area (Å²) in [6, 6.07) is 0. The summed E-state index contributed by atoms with van der Waals surface area (Å²) >= 11 is 0. The van der Waals surface area contributed by atoms with Crippen molar-refractivity contribution >= 4 is 0 Å². The van der Waals surface area contributed by atoms with Gasteiger partial charge >= 0.3 is 0 Å². The Hall–Kier alpha value is -0.260. The highest BCUT2D eigenvalue weighted by Crippen LogP contribution is 1.96. The molecule has 0 saturated heterocycles. The molecule has 0 aromatic carbocycles. The maximum Gasteiger partial charge on any atom is 0.261 e. The van der Waals surface area contributed by atoms with E-state index in [2.05, 4.69) is 5.32 Å². The predicted octanol–water partition coefficient (Wildman–Crippen LogP) is 1.28. The zero-order valence-electron chi connectivity index (χ0n) is 8.76. The van der Waals surface area contributed by atoms with Gasteiger partial charge in [0.2, 0.25) is 0 Å². The second kappa shape index (κ2) is 9.30. The summed E-state index contributed by atoms with van der Waals surface area (Å²) in [5, 5.41) is 3.09. The molecule has 1 atom stereocenters. The summed E-state index contributed by atoms with van der Waals surface area (Å²) in [6.07, 6.45) is -1.64. The lowest BCUT2D eigenvalue weighted by atomic mass is 10.3. The minimum atomic E-state index is -2.38. The molecule has 1 unspecified atom stereocenters. The highest BCUT2D eigenvalue weighted by atomic mass is 19.3. The molecule has 0 aromatic rings. The number of alkyl halides is 2. The fourth-order valence-electron chi connectivity index (χ4n) is 0.943. The third-order valence-electron chi connectivity index (χ3n) is 1.64. The lowest BCUT2D eigenvalue weighted by Gasteiger charge is -2.13. The van der Waals surface area contributed by atoms with E-state index in [0.717, 1.165) is 13.0 Å². The average molecular weight is 211 g/mol. The first-order valence-electron chi connectivity index (χ1n) is 4.76. The van der Waals surface area contributed by atoms with E-state index in [0.29, 0.717) is 13.2 Å². The lowest BCUT2D eigenvalue weighted by Crippen LogP contribution is -2.29. The van der Waals surface area contributed by atoms with Crippen molar-refractivity contribution in [1.82, 2.24) is 5.32 Å². The number of rotatable bonds is 9. The van der Waals surface area contributed by atoms with Crippen molar-refractivity contribution in [2.24, 2.45) is 0 Å². The maximum absolute atomic E-state index is 11.7. The van der Waals surface area contributed by atoms with Gasteiger partial charge in [-0.3, -0.25) is 0 Å². The third-order valence-corrected chi connectivity index (χ3v) is 1.64. The van der Waals surface area contributed by atoms with Crippen molar-refractivity contribution in [3.05, 3.63) is 0 Å². The highest BCUT2D eigenvalue weighted by Gasteiger charge is 2.06. The van der Waals surface area contributed by atoms with Gasteiger partial charge in [-0.1, -0.05) is 0 Å². The van der Waals surface area contributed by atoms with Gasteiger partial charge in [0, 0.05) is 20.3 Å². The van der Waals surface area contributed by atoms with Gasteiger partial charge in [0.15, 0.2) is 0 Å². The Morgan fingerprint density at radius 1 is 1.36 bits per heavy atom. The number of halogens is 2. The Morgan fingerprint density at radius 2 is 2.07 bits per heavy atom. The second-order valence-electron chi connectivity index (χ2n) is 3.09. The molecule has 0 bridgehead atoms. The molecular weight excluding hydrogens is 192 g/mol. The fraction of sp³-hybridized carbons (Fsp3) is 1.00. The van der Waals surface area contributed by atoms with Gasteiger partial charge in [-0.2, -0.15) is 0 Å². The number of methoxy groups -OCH3 is 1. The molecule has 1 N–H and O–H groups in total. The van der Waals surface area contributed by atoms with Crippen LogP contribution < -0.4 is 5.32 Å². The molecule has 5 heteroatoms. The topological polar surface area (TPSA) is 30.5 Å². The zero-order valence-corrected chi connectivity index (χ0v) is 8.76. The SMILES string of the molecule is COCCCNCC(C)OCC(F)F. The Balaban J connectivity index is 3.14. The van der Waals surface area contributed by atoms with Crippen molar-refractivity contribution < 1.29 is 18.3 Å². The molecule has 0 amide bonds. The van der Waals surface area contributed by atoms with E-state index in [1.54, 1.807) is 14.0 Å². The van der Waals surface area contributed by atoms with Crippen LogP contribution in [0.1, 0.15) is 13.3 Å². The first kappa shape index (κ1) is 13.7. The number of ether oxygens (including phenoxy) is 2. The van der Waals surface area contributed by atoms with Crippen LogP contribution in [0.15, 0.2) is 0 Å². The highest BCUT2D eigenvalue weighted by molar-refractivity contribution is 4.55. The minimum Gasteiger partial charge on any atom is -0.385 e. The van der Waals surface area contributed by atoms with Crippen molar-refractivity contribution in [2.45, 2.75) is 25.9 Å². The van der Waals surface area contributed by atoms with Crippen LogP contribution in [0.25, 0.3) is 0 Å². The molecule has 0 aliphatic carbocycles. The maximum atomic E-state index is 11.7. The van der Waals surface area contributed by atoms with E-state index >= 15 is 0 Å². The van der Waals surface area contributed by atoms with E-state index < -0.39 is 13.0 Å². The fourth-order valence-corrected chi connectivity index (χ4v) is 0.943. The molecule has 86 valence electrons. The molecule has 14 heavy (non-hydrogen) atoms. The van der Waals surface area contributed by atoms with Gasteiger partial charge in [0.1, 0.15) is 6.61 Å². The molecule has 0 aliphatic rings. The van der Waals surface area contributed by atoms with Gasteiger partial charge in [0.25, 0.3) is 6.43 Å². The van der Waals surface area contributed by atoms with E-state index in [1.807, 2.05) is 0 Å². The molecule has 0 fully saturated rings. The first-order valence-corrected chi connectivity index (χ1v) is 4.76. The van der Waals surface area contributed by atoms with Crippen LogP contribution in [0.3, 0.4) is 0 Å². The van der Waals surface area contributed by atoms with Crippen molar-refractivity contribution in [2.75, 3.05) is 33.4 Å². The molecular formula is C9H19F2NO2. The van der Waals surface area contributed by atoms with Crippen molar-refractivity contribution in [1.29, 1.82) is 0 Å². The minimum absolute atomic E-state index is 0.174. The molecule has 0 radical (unpaired) electrons. The van der Waals surface area contributed by atoms with Crippen LogP contribution in [0.5, 0.6) is 0 Å². The summed E-state index contributed by atoms with van der Waals surface area (Å²) in [5.41, 5.74) is 0. The van der Waals surface area contributed by atoms with Crippen LogP contribution >= 0.6 is 0 Å². The van der Waals surface area contributed by atoms with E-state index in [1.165, 1.54) is 0 Å². The summed E-state index contributed by atoms with van der Waals surface area (Å²) in [5.74, 6) is 0. The van der Waals surface area contributed by atoms with Crippen LogP contribution in [-0.2, 0) is 9.47 Å². The van der Waals surface area contributed by atoms with Gasteiger partial charge in [-0.25, -0.2) is 8.78 Å². The van der Waals surface area contributed by atoms with Crippen molar-refractivity contribution in [3.63, 3.8) is 0 Å². The molecule has 3 nitrogen and oxygen atoms in total. The zero-order chi connectivity index (χ0) is 10.8. The summed E-state index contributed by atoms with van der Waals surface area (Å²) in [6.45, 7) is 3.40. The van der Waals surface area contributed by atoms with Crippen LogP contribution in [0, 0.1) is 0 Å². The quantitative estimate of drug-likeness (QED) is 0.583. The smallest absolute Gasteiger partial charge is 0.261 e. The van der Waals surface area contributed by atoms with E-state index in [4.69, 9.17) is 9.47 Å². The number of hydrogen-bond acceptors (Lipinski definition) is 3. The molecule has 0 aliphatic heterocycles. The van der Waals surface area contributed by atoms with E-state index in [9.17, 15) is 8.78 Å². The second-order valence-corrected chi connectivity index (χ2v) is 3.09. The molecule has 0 spiro atoms. The monoisotopic (exact) mass is 211 g/mol. The predicted molar refractivity (Wildman–Crippen MR) is 50.8 cm³/mol. The van der Waals surface area contributed by atoms with Gasteiger partial charge in [0.05, 0.1) is 6.10 Å². The molecule has 0 heterocycles. The summed E-state index contributed by atoms with van der Waals surface area (Å²) in [7, 11) is 1.65. The Bertz CT molecular complexity index is 125. The molecule has 0 aromatic heterocycles. The number of nitrogens with one attached hydrogen (secondary N) is 1. The lowest BCUT2D eigenvalue weighted by molar-refractivity contribution is -0.0164. The normalized spacial score (nSPS) is 13.5. The molecule has 0 rings (SSSR count). The van der Waals surface area contributed by atoms with Gasteiger partial charge in [-0.05, 0) is 19.9 Å². The van der Waals surface area contributed by atoms with Gasteiger partial charge < -0.3 is 14.8 Å². The van der Waals surface area contributed by atoms with Gasteiger partial charge in [-0.15, -0.1) is 0 Å². The average Bonchev–Trinajstić information content (AvgIpc) is 2.14. The van der Waals surface area contributed by atoms with E-state index in [-0.39, 0.29) is 6.10 Å². The standard InChI is InChI=1S/C9H19F2NO2/c1-8(14-7-9(10)11)6-12-4-3-5-13-2/h8-9,12H,3-7H2,1-2H3. The van der Waals surface area contributed by atoms with Crippen LogP contribution in [0.4, 0.5) is 8.78 Å². The first-order chi connectivity index (χ1) is 6.66. The summed E-state index contributed by atoms with van der Waals surface area (Å²) < 4.78 is 33.2. The van der Waals surface area contributed by atoms with Crippen LogP contribution in [0.2, 0.25) is 0 Å². The largest absolute Gasteiger partial charge is 0.385 e. The Labute approximate surface area is 83.8 Å². The van der Waals surface area contributed by atoms with Crippen LogP contribution in [-0.4, -0.2) is 45.9 Å². The third kappa shape index (κ3) is 9.83. The molecule has 0 saturated carbocycles. The Kier molecular flexibility index (Phi) is 9.13.